The molecule has 1 aliphatic carbocycles. The average molecular weight is 619 g/mol. The Morgan fingerprint density at radius 1 is 1.61 bits per heavy atom. The molecule has 8 heteroatoms. The van der Waals surface area contributed by atoms with Gasteiger partial charge in [0.05, 0.1) is 0 Å². The fourth-order valence-electron chi connectivity index (χ4n) is 2.27. The van der Waals surface area contributed by atoms with Crippen LogP contribution < -0.4 is 0 Å². The Hall–Kier alpha value is 2.08. The van der Waals surface area contributed by atoms with Crippen molar-refractivity contribution in [2.45, 2.75) is 19.8 Å². The van der Waals surface area contributed by atoms with E-state index in [0.29, 0.717) is 20.8 Å². The minimum absolute atomic E-state index is 0. The van der Waals surface area contributed by atoms with Crippen LogP contribution >= 0.6 is 29.2 Å². The Morgan fingerprint density at radius 2 is 2.28 bits per heavy atom. The first kappa shape index (κ1) is 18.1. The molecule has 0 aromatic carbocycles. The zero-order chi connectivity index (χ0) is 13.7. The summed E-state index contributed by atoms with van der Waals surface area (Å²) >= 11 is 1.98. The van der Waals surface area contributed by atoms with E-state index >= 15 is 0 Å². The van der Waals surface area contributed by atoms with Crippen LogP contribution in [0.4, 0.5) is 0 Å². The summed E-state index contributed by atoms with van der Waals surface area (Å²) in [6.45, 7) is 1.44. The van der Waals surface area contributed by atoms with Crippen molar-refractivity contribution in [1.82, 2.24) is 0 Å². The topological polar surface area (TPSA) is 63.6 Å². The van der Waals surface area contributed by atoms with Crippen molar-refractivity contribution in [3.63, 3.8) is 0 Å². The summed E-state index contributed by atoms with van der Waals surface area (Å²) in [4.78, 5) is 23.3. The summed E-state index contributed by atoms with van der Waals surface area (Å²) in [6, 6.07) is 0. The van der Waals surface area contributed by atoms with Gasteiger partial charge in [0, 0.05) is 91.2 Å². The third kappa shape index (κ3) is 6.24. The van der Waals surface area contributed by atoms with Crippen LogP contribution in [0.3, 0.4) is 0 Å². The summed E-state index contributed by atoms with van der Waals surface area (Å²) in [6.07, 6.45) is 1.12. The molecule has 1 rings (SSSR count). The largest absolute Gasteiger partial charge is 0.396 e. The summed E-state index contributed by atoms with van der Waals surface area (Å²) in [5.41, 5.74) is 0. The number of rotatable bonds is 6. The fourth-order valence-corrected chi connectivity index (χ4v) is 3.02. The number of aliphatic hydroxyl groups excluding tert-OH is 1. The van der Waals surface area contributed by atoms with Crippen molar-refractivity contribution in [3.8, 4) is 0 Å². The Bertz CT molecular complexity index is 371. The molecule has 4 atom stereocenters. The molecule has 101 valence electrons. The summed E-state index contributed by atoms with van der Waals surface area (Å²) < 4.78 is 12.3. The molecule has 0 bridgehead atoms. The number of halogens is 1. The maximum absolute atomic E-state index is 12.0. The first-order valence-electron chi connectivity index (χ1n) is 5.77. The quantitative estimate of drug-likeness (QED) is 0.364. The van der Waals surface area contributed by atoms with E-state index in [-0.39, 0.29) is 86.6 Å². The first-order chi connectivity index (χ1) is 8.49. The molecule has 1 fully saturated rings. The monoisotopic (exact) mass is 619 g/mol. The van der Waals surface area contributed by atoms with Crippen LogP contribution in [0.25, 0.3) is 0 Å². The zero-order valence-corrected chi connectivity index (χ0v) is 18.7. The third-order valence-corrected chi connectivity index (χ3v) is 4.61. The standard InChI is InChI=1S/C10H16IO4PS.Ac/c1-6(13)7-2-8(4-12)9(3-7)10(14)5-15-17(11)16;/h7-9,12,16H,2-5H2,1H3;/t7-,8-,9+,17?;/m0./s1/i16T;. The Balaban J connectivity index is 0.00000324. The first-order valence-corrected chi connectivity index (χ1v) is 10.1. The smallest absolute Gasteiger partial charge is 0.163 e. The summed E-state index contributed by atoms with van der Waals surface area (Å²) in [7, 11) is -0.209. The normalized spacial score (nSPS) is 29.5. The van der Waals surface area contributed by atoms with Gasteiger partial charge in [0.25, 0.3) is 0 Å². The van der Waals surface area contributed by atoms with Crippen LogP contribution in [0.5, 0.6) is 0 Å². The second-order valence-corrected chi connectivity index (χ2v) is 10.4. The molecule has 0 saturated heterocycles. The number of carbonyl (C=O) groups is 2. The van der Waals surface area contributed by atoms with Crippen molar-refractivity contribution >= 4 is 48.3 Å². The van der Waals surface area contributed by atoms with E-state index in [1.165, 1.54) is 6.92 Å². The summed E-state index contributed by atoms with van der Waals surface area (Å²) in [5.74, 6) is -0.485. The van der Waals surface area contributed by atoms with Gasteiger partial charge in [-0.15, -0.1) is 0 Å². The van der Waals surface area contributed by atoms with Crippen LogP contribution in [-0.4, -0.2) is 31.2 Å². The van der Waals surface area contributed by atoms with Gasteiger partial charge in [-0.05, 0) is 25.7 Å². The van der Waals surface area contributed by atoms with Gasteiger partial charge >= 0.3 is 0 Å². The zero-order valence-electron chi connectivity index (χ0n) is 11.0. The van der Waals surface area contributed by atoms with E-state index in [2.05, 4.69) is 0 Å². The SMILES string of the molecule is [3H]P=S(I)OCC(=O)[C@@H]1C[C@@H](C(C)=O)C[C@H]1CO.[Ac]. The van der Waals surface area contributed by atoms with Gasteiger partial charge in [0.2, 0.25) is 0 Å². The van der Waals surface area contributed by atoms with Crippen molar-refractivity contribution in [3.05, 3.63) is 0 Å². The van der Waals surface area contributed by atoms with Crippen LogP contribution in [0.1, 0.15) is 19.8 Å². The van der Waals surface area contributed by atoms with E-state index in [4.69, 9.17) is 5.46 Å². The molecule has 0 amide bonds. The van der Waals surface area contributed by atoms with E-state index in [1.807, 2.05) is 21.2 Å². The predicted molar refractivity (Wildman–Crippen MR) is 78.1 cm³/mol. The van der Waals surface area contributed by atoms with Gasteiger partial charge in [-0.3, -0.25) is 9.59 Å². The maximum Gasteiger partial charge on any atom is 0.163 e. The second kappa shape index (κ2) is 9.92. The van der Waals surface area contributed by atoms with Crippen molar-refractivity contribution in [1.29, 1.82) is 1.28 Å². The van der Waals surface area contributed by atoms with E-state index < -0.39 is 7.53 Å². The molecule has 1 N–H and O–H groups in total. The maximum atomic E-state index is 12.0. The molecular formula is C10H16AcIO4PS. The Kier molecular flexibility index (Phi) is 9.99. The van der Waals surface area contributed by atoms with Gasteiger partial charge < -0.3 is 9.29 Å². The molecule has 0 aromatic rings. The van der Waals surface area contributed by atoms with Gasteiger partial charge in [0.15, 0.2) is 5.78 Å². The number of hydrogen-bond acceptors (Lipinski definition) is 4. The number of aliphatic hydroxyl groups is 1. The molecule has 0 aliphatic heterocycles. The molecule has 0 aromatic heterocycles. The predicted octanol–water partition coefficient (Wildman–Crippen LogP) is 1.74. The van der Waals surface area contributed by atoms with Crippen LogP contribution in [0.15, 0.2) is 0 Å². The number of Topliss-reactive ketones (excluding diaryl/α,β-unsaturated/α-hetero) is 2. The Labute approximate surface area is 161 Å². The van der Waals surface area contributed by atoms with Crippen molar-refractivity contribution in [2.75, 3.05) is 13.2 Å². The van der Waals surface area contributed by atoms with Gasteiger partial charge in [-0.25, -0.2) is 0 Å². The van der Waals surface area contributed by atoms with E-state index in [1.54, 1.807) is 0 Å². The molecule has 1 aliphatic rings. The molecule has 0 spiro atoms. The Morgan fingerprint density at radius 3 is 2.78 bits per heavy atom. The molecule has 0 heterocycles. The van der Waals surface area contributed by atoms with Crippen LogP contribution in [0.2, 0.25) is 0 Å². The third-order valence-electron chi connectivity index (χ3n) is 3.22. The number of hydrogen-bond donors (Lipinski definition) is 1. The molecule has 18 heavy (non-hydrogen) atoms. The van der Waals surface area contributed by atoms with Crippen molar-refractivity contribution in [2.24, 2.45) is 17.8 Å². The minimum atomic E-state index is -0.570. The molecule has 1 unspecified atom stereocenters. The minimum Gasteiger partial charge on any atom is -0.396 e. The average Bonchev–Trinajstić information content (AvgIpc) is 2.79. The van der Waals surface area contributed by atoms with Crippen molar-refractivity contribution < 1.29 is 62.9 Å². The molecule has 1 radical (unpaired) electrons. The summed E-state index contributed by atoms with van der Waals surface area (Å²) in [5, 5.41) is 9.27. The molecular weight excluding hydrogens is 601 g/mol. The molecule has 4 nitrogen and oxygen atoms in total. The molecule has 1 saturated carbocycles. The number of ketones is 2. The van der Waals surface area contributed by atoms with Gasteiger partial charge in [0.1, 0.15) is 13.7 Å². The second-order valence-electron chi connectivity index (χ2n) is 4.26. The van der Waals surface area contributed by atoms with E-state index in [0.717, 1.165) is 0 Å². The number of carbonyl (C=O) groups excluding carboxylic acids is 2. The van der Waals surface area contributed by atoms with Gasteiger partial charge in [-0.2, -0.15) is 0 Å². The van der Waals surface area contributed by atoms with Crippen LogP contribution in [0, 0.1) is 61.8 Å². The fraction of sp³-hybridized carbons (Fsp3) is 0.800. The van der Waals surface area contributed by atoms with Gasteiger partial charge in [-0.1, -0.05) is 7.96 Å². The van der Waals surface area contributed by atoms with E-state index in [9.17, 15) is 14.7 Å². The van der Waals surface area contributed by atoms with Crippen LogP contribution in [-0.2, 0) is 21.3 Å².